The monoisotopic (exact) mass is 431 g/mol. The van der Waals surface area contributed by atoms with Gasteiger partial charge in [0.2, 0.25) is 0 Å². The molecule has 0 aliphatic carbocycles. The number of nitrogens with one attached hydrogen (secondary N) is 2. The second-order valence-corrected chi connectivity index (χ2v) is 7.20. The highest BCUT2D eigenvalue weighted by Gasteiger charge is 2.25. The molecule has 0 radical (unpaired) electrons. The number of nitrogens with zero attached hydrogens (tertiary/aromatic N) is 1. The van der Waals surface area contributed by atoms with Crippen molar-refractivity contribution >= 4 is 12.0 Å². The third-order valence-corrected chi connectivity index (χ3v) is 5.15. The van der Waals surface area contributed by atoms with Gasteiger partial charge in [-0.15, -0.1) is 0 Å². The molecule has 0 saturated carbocycles. The first-order valence-corrected chi connectivity index (χ1v) is 10.2. The Kier molecular flexibility index (Phi) is 7.91. The molecule has 1 aromatic carbocycles. The number of methoxy groups -OCH3 is 2. The molecule has 1 fully saturated rings. The first kappa shape index (κ1) is 22.6. The van der Waals surface area contributed by atoms with Gasteiger partial charge in [-0.05, 0) is 36.8 Å². The molecular weight excluding hydrogens is 402 g/mol. The van der Waals surface area contributed by atoms with Crippen LogP contribution in [-0.4, -0.2) is 64.0 Å². The zero-order valence-corrected chi connectivity index (χ0v) is 18.1. The van der Waals surface area contributed by atoms with Gasteiger partial charge in [-0.2, -0.15) is 0 Å². The highest BCUT2D eigenvalue weighted by Crippen LogP contribution is 2.23. The number of urea groups is 1. The zero-order chi connectivity index (χ0) is 22.2. The number of morpholine rings is 1. The minimum atomic E-state index is -0.495. The van der Waals surface area contributed by atoms with E-state index < -0.39 is 5.97 Å². The summed E-state index contributed by atoms with van der Waals surface area (Å²) in [5.41, 5.74) is 1.06. The maximum Gasteiger partial charge on any atom is 0.341 e. The first-order chi connectivity index (χ1) is 15.0. The van der Waals surface area contributed by atoms with Crippen LogP contribution in [0.2, 0.25) is 0 Å². The van der Waals surface area contributed by atoms with Gasteiger partial charge in [0.15, 0.2) is 0 Å². The Morgan fingerprint density at radius 2 is 1.90 bits per heavy atom. The lowest BCUT2D eigenvalue weighted by Gasteiger charge is -2.33. The molecule has 1 saturated heterocycles. The van der Waals surface area contributed by atoms with Crippen molar-refractivity contribution in [1.29, 1.82) is 0 Å². The Hall–Kier alpha value is -3.04. The maximum atomic E-state index is 12.4. The van der Waals surface area contributed by atoms with E-state index in [1.807, 2.05) is 19.1 Å². The van der Waals surface area contributed by atoms with E-state index in [1.54, 1.807) is 18.2 Å². The van der Waals surface area contributed by atoms with E-state index in [1.165, 1.54) is 14.2 Å². The first-order valence-electron chi connectivity index (χ1n) is 10.2. The molecule has 3 rings (SSSR count). The zero-order valence-electron chi connectivity index (χ0n) is 18.1. The van der Waals surface area contributed by atoms with Gasteiger partial charge in [0.1, 0.15) is 22.8 Å². The molecule has 1 atom stereocenters. The maximum absolute atomic E-state index is 12.4. The number of hydrogen-bond acceptors (Lipinski definition) is 7. The topological polar surface area (TPSA) is 102 Å². The fraction of sp³-hybridized carbons (Fsp3) is 0.455. The molecule has 9 nitrogen and oxygen atoms in total. The number of aryl methyl sites for hydroxylation is 1. The SMILES string of the molecule is COC(=O)c1cc(CNC(=O)NCC(c2ccc(C)o2)N2CCOCC2)ccc1OC. The van der Waals surface area contributed by atoms with Gasteiger partial charge in [-0.3, -0.25) is 4.90 Å². The third kappa shape index (κ3) is 5.99. The highest BCUT2D eigenvalue weighted by atomic mass is 16.5. The number of amides is 2. The van der Waals surface area contributed by atoms with E-state index in [2.05, 4.69) is 15.5 Å². The van der Waals surface area contributed by atoms with Crippen molar-refractivity contribution in [3.63, 3.8) is 0 Å². The average molecular weight is 431 g/mol. The van der Waals surface area contributed by atoms with Gasteiger partial charge in [0.05, 0.1) is 33.5 Å². The Morgan fingerprint density at radius 1 is 1.13 bits per heavy atom. The van der Waals surface area contributed by atoms with Gasteiger partial charge >= 0.3 is 12.0 Å². The van der Waals surface area contributed by atoms with Crippen LogP contribution in [0.5, 0.6) is 5.75 Å². The molecular formula is C22H29N3O6. The molecule has 0 bridgehead atoms. The van der Waals surface area contributed by atoms with Crippen LogP contribution in [0.3, 0.4) is 0 Å². The summed E-state index contributed by atoms with van der Waals surface area (Å²) >= 11 is 0. The highest BCUT2D eigenvalue weighted by molar-refractivity contribution is 5.92. The second kappa shape index (κ2) is 10.8. The fourth-order valence-electron chi connectivity index (χ4n) is 3.50. The molecule has 2 aromatic rings. The minimum Gasteiger partial charge on any atom is -0.496 e. The lowest BCUT2D eigenvalue weighted by atomic mass is 10.1. The molecule has 1 aliphatic rings. The molecule has 1 aromatic heterocycles. The van der Waals surface area contributed by atoms with Crippen LogP contribution in [-0.2, 0) is 16.0 Å². The van der Waals surface area contributed by atoms with Crippen LogP contribution in [0.4, 0.5) is 4.79 Å². The predicted molar refractivity (Wildman–Crippen MR) is 113 cm³/mol. The van der Waals surface area contributed by atoms with Gasteiger partial charge in [0, 0.05) is 26.2 Å². The Balaban J connectivity index is 1.58. The smallest absolute Gasteiger partial charge is 0.341 e. The van der Waals surface area contributed by atoms with Crippen LogP contribution in [0, 0.1) is 6.92 Å². The summed E-state index contributed by atoms with van der Waals surface area (Å²) in [6.45, 7) is 5.41. The van der Waals surface area contributed by atoms with Crippen LogP contribution in [0.25, 0.3) is 0 Å². The van der Waals surface area contributed by atoms with E-state index in [9.17, 15) is 9.59 Å². The molecule has 2 N–H and O–H groups in total. The van der Waals surface area contributed by atoms with E-state index in [0.717, 1.165) is 30.2 Å². The van der Waals surface area contributed by atoms with Crippen molar-refractivity contribution in [2.75, 3.05) is 47.1 Å². The van der Waals surface area contributed by atoms with Crippen LogP contribution < -0.4 is 15.4 Å². The molecule has 2 amide bonds. The lowest BCUT2D eigenvalue weighted by Crippen LogP contribution is -2.45. The molecule has 1 aliphatic heterocycles. The van der Waals surface area contributed by atoms with E-state index in [-0.39, 0.29) is 18.6 Å². The quantitative estimate of drug-likeness (QED) is 0.618. The number of furan rings is 1. The van der Waals surface area contributed by atoms with Crippen molar-refractivity contribution in [2.24, 2.45) is 0 Å². The summed E-state index contributed by atoms with van der Waals surface area (Å²) < 4.78 is 21.2. The number of ether oxygens (including phenoxy) is 3. The van der Waals surface area contributed by atoms with Gasteiger partial charge in [-0.25, -0.2) is 9.59 Å². The number of carbonyl (C=O) groups excluding carboxylic acids is 2. The normalized spacial score (nSPS) is 15.2. The summed E-state index contributed by atoms with van der Waals surface area (Å²) in [4.78, 5) is 26.6. The lowest BCUT2D eigenvalue weighted by molar-refractivity contribution is 0.0121. The standard InChI is InChI=1S/C22H29N3O6/c1-15-4-6-20(31-15)18(25-8-10-30-11-9-25)14-24-22(27)23-13-16-5-7-19(28-2)17(12-16)21(26)29-3/h4-7,12,18H,8-11,13-14H2,1-3H3,(H2,23,24,27). The minimum absolute atomic E-state index is 0.0738. The molecule has 2 heterocycles. The van der Waals surface area contributed by atoms with Crippen molar-refractivity contribution in [3.8, 4) is 5.75 Å². The Bertz CT molecular complexity index is 891. The van der Waals surface area contributed by atoms with E-state index >= 15 is 0 Å². The van der Waals surface area contributed by atoms with Crippen LogP contribution in [0.1, 0.15) is 33.5 Å². The van der Waals surface area contributed by atoms with Crippen molar-refractivity contribution in [2.45, 2.75) is 19.5 Å². The fourth-order valence-corrected chi connectivity index (χ4v) is 3.50. The third-order valence-electron chi connectivity index (χ3n) is 5.15. The van der Waals surface area contributed by atoms with Gasteiger partial charge in [0.25, 0.3) is 0 Å². The largest absolute Gasteiger partial charge is 0.496 e. The number of esters is 1. The van der Waals surface area contributed by atoms with Crippen LogP contribution >= 0.6 is 0 Å². The number of rotatable bonds is 8. The van der Waals surface area contributed by atoms with E-state index in [0.29, 0.717) is 31.1 Å². The van der Waals surface area contributed by atoms with Crippen molar-refractivity contribution in [3.05, 3.63) is 53.0 Å². The Morgan fingerprint density at radius 3 is 2.55 bits per heavy atom. The average Bonchev–Trinajstić information content (AvgIpc) is 3.23. The second-order valence-electron chi connectivity index (χ2n) is 7.20. The van der Waals surface area contributed by atoms with E-state index in [4.69, 9.17) is 18.6 Å². The summed E-state index contributed by atoms with van der Waals surface area (Å²) in [6.07, 6.45) is 0. The summed E-state index contributed by atoms with van der Waals surface area (Å²) in [5, 5.41) is 5.74. The van der Waals surface area contributed by atoms with Gasteiger partial charge < -0.3 is 29.3 Å². The summed E-state index contributed by atoms with van der Waals surface area (Å²) in [6, 6.07) is 8.59. The summed E-state index contributed by atoms with van der Waals surface area (Å²) in [5.74, 6) is 1.57. The molecule has 168 valence electrons. The summed E-state index contributed by atoms with van der Waals surface area (Å²) in [7, 11) is 2.80. The van der Waals surface area contributed by atoms with Crippen molar-refractivity contribution < 1.29 is 28.2 Å². The number of benzene rings is 1. The van der Waals surface area contributed by atoms with Crippen LogP contribution in [0.15, 0.2) is 34.7 Å². The van der Waals surface area contributed by atoms with Crippen molar-refractivity contribution in [1.82, 2.24) is 15.5 Å². The number of carbonyl (C=O) groups is 2. The molecule has 1 unspecified atom stereocenters. The predicted octanol–water partition coefficient (Wildman–Crippen LogP) is 2.26. The molecule has 31 heavy (non-hydrogen) atoms. The molecule has 9 heteroatoms. The molecule has 0 spiro atoms. The van der Waals surface area contributed by atoms with Gasteiger partial charge in [-0.1, -0.05) is 6.07 Å². The Labute approximate surface area is 181 Å². The number of hydrogen-bond donors (Lipinski definition) is 2.